The summed E-state index contributed by atoms with van der Waals surface area (Å²) in [6.07, 6.45) is 0. The summed E-state index contributed by atoms with van der Waals surface area (Å²) < 4.78 is 19.0. The number of nitrogen functional groups attached to an aromatic ring is 1. The molecule has 98 valence electrons. The summed E-state index contributed by atoms with van der Waals surface area (Å²) in [5.74, 6) is -0.558. The molecule has 0 spiro atoms. The molecule has 6 heteroatoms. The normalized spacial score (nSPS) is 10.6. The highest BCUT2D eigenvalue weighted by molar-refractivity contribution is 7.99. The predicted molar refractivity (Wildman–Crippen MR) is 73.7 cm³/mol. The number of nitrogens with two attached hydrogens (primary N) is 1. The lowest BCUT2D eigenvalue weighted by atomic mass is 10.2. The second-order valence-corrected chi connectivity index (χ2v) is 5.03. The number of anilines is 1. The minimum atomic E-state index is -0.558. The van der Waals surface area contributed by atoms with E-state index in [9.17, 15) is 4.39 Å². The summed E-state index contributed by atoms with van der Waals surface area (Å²) in [6.45, 7) is 0. The molecule has 4 nitrogen and oxygen atoms in total. The molecule has 3 aromatic rings. The number of fused-ring (bicyclic) bond motifs is 1. The molecule has 0 radical (unpaired) electrons. The Morgan fingerprint density at radius 3 is 2.95 bits per heavy atom. The monoisotopic (exact) mass is 285 g/mol. The maximum Gasteiger partial charge on any atom is 0.261 e. The number of nitrogens with zero attached hydrogens (tertiary/aromatic N) is 2. The molecule has 0 aliphatic heterocycles. The Kier molecular flexibility index (Phi) is 3.05. The second-order valence-electron chi connectivity index (χ2n) is 4.03. The number of halogens is 1. The van der Waals surface area contributed by atoms with Crippen molar-refractivity contribution in [2.45, 2.75) is 10.1 Å². The molecule has 0 aliphatic carbocycles. The van der Waals surface area contributed by atoms with Crippen LogP contribution in [0.4, 0.5) is 10.1 Å². The standard InChI is InChI=1S/C14H8FN3OS/c15-10-2-1-3-13(9(10)7-16)20-14-18-11-5-4-8(17)6-12(11)19-14/h1-6H,17H2. The SMILES string of the molecule is N#Cc1c(F)cccc1Sc1nc2ccc(N)cc2o1. The summed E-state index contributed by atoms with van der Waals surface area (Å²) in [6, 6.07) is 11.4. The topological polar surface area (TPSA) is 75.8 Å². The summed E-state index contributed by atoms with van der Waals surface area (Å²) in [4.78, 5) is 4.73. The van der Waals surface area contributed by atoms with Crippen molar-refractivity contribution in [3.8, 4) is 6.07 Å². The van der Waals surface area contributed by atoms with Gasteiger partial charge in [0.1, 0.15) is 23.0 Å². The lowest BCUT2D eigenvalue weighted by Crippen LogP contribution is -1.86. The van der Waals surface area contributed by atoms with Crippen LogP contribution in [0.25, 0.3) is 11.1 Å². The molecule has 1 heterocycles. The molecular formula is C14H8FN3OS. The number of aromatic nitrogens is 1. The Morgan fingerprint density at radius 1 is 1.30 bits per heavy atom. The summed E-state index contributed by atoms with van der Waals surface area (Å²) >= 11 is 1.10. The Balaban J connectivity index is 2.02. The van der Waals surface area contributed by atoms with E-state index in [0.717, 1.165) is 11.8 Å². The van der Waals surface area contributed by atoms with E-state index in [-0.39, 0.29) is 5.56 Å². The van der Waals surface area contributed by atoms with Gasteiger partial charge in [-0.1, -0.05) is 6.07 Å². The largest absolute Gasteiger partial charge is 0.431 e. The van der Waals surface area contributed by atoms with Crippen LogP contribution in [0.5, 0.6) is 0 Å². The van der Waals surface area contributed by atoms with Gasteiger partial charge in [0.05, 0.1) is 0 Å². The van der Waals surface area contributed by atoms with Gasteiger partial charge in [-0.2, -0.15) is 5.26 Å². The van der Waals surface area contributed by atoms with Crippen LogP contribution < -0.4 is 5.73 Å². The van der Waals surface area contributed by atoms with E-state index in [1.165, 1.54) is 6.07 Å². The van der Waals surface area contributed by atoms with Gasteiger partial charge in [0, 0.05) is 16.6 Å². The third-order valence-corrected chi connectivity index (χ3v) is 3.59. The fraction of sp³-hybridized carbons (Fsp3) is 0. The molecule has 2 aromatic carbocycles. The van der Waals surface area contributed by atoms with E-state index in [1.807, 2.05) is 6.07 Å². The summed E-state index contributed by atoms with van der Waals surface area (Å²) in [5, 5.41) is 9.32. The number of hydrogen-bond acceptors (Lipinski definition) is 5. The van der Waals surface area contributed by atoms with Crippen LogP contribution in [0.3, 0.4) is 0 Å². The second kappa shape index (κ2) is 4.87. The highest BCUT2D eigenvalue weighted by Crippen LogP contribution is 2.33. The van der Waals surface area contributed by atoms with E-state index in [4.69, 9.17) is 15.4 Å². The quantitative estimate of drug-likeness (QED) is 0.728. The maximum absolute atomic E-state index is 13.5. The first kappa shape index (κ1) is 12.5. The molecule has 0 aliphatic rings. The molecule has 0 amide bonds. The van der Waals surface area contributed by atoms with Crippen molar-refractivity contribution in [3.05, 3.63) is 47.8 Å². The third kappa shape index (κ3) is 2.19. The van der Waals surface area contributed by atoms with Gasteiger partial charge in [-0.25, -0.2) is 9.37 Å². The Labute approximate surface area is 118 Å². The van der Waals surface area contributed by atoms with Crippen molar-refractivity contribution in [1.82, 2.24) is 4.98 Å². The summed E-state index contributed by atoms with van der Waals surface area (Å²) in [5.41, 5.74) is 7.45. The predicted octanol–water partition coefficient (Wildman–Crippen LogP) is 3.57. The molecular weight excluding hydrogens is 277 g/mol. The van der Waals surface area contributed by atoms with Crippen LogP contribution in [0.15, 0.2) is 50.9 Å². The molecule has 3 rings (SSSR count). The molecule has 0 bridgehead atoms. The number of hydrogen-bond donors (Lipinski definition) is 1. The van der Waals surface area contributed by atoms with Gasteiger partial charge in [0.15, 0.2) is 5.58 Å². The first-order valence-corrected chi connectivity index (χ1v) is 6.51. The summed E-state index contributed by atoms with van der Waals surface area (Å²) in [7, 11) is 0. The van der Waals surface area contributed by atoms with E-state index < -0.39 is 5.82 Å². The van der Waals surface area contributed by atoms with Gasteiger partial charge in [-0.15, -0.1) is 0 Å². The van der Waals surface area contributed by atoms with Crippen molar-refractivity contribution in [1.29, 1.82) is 5.26 Å². The fourth-order valence-electron chi connectivity index (χ4n) is 1.76. The highest BCUT2D eigenvalue weighted by Gasteiger charge is 2.13. The van der Waals surface area contributed by atoms with Crippen LogP contribution in [-0.2, 0) is 0 Å². The van der Waals surface area contributed by atoms with Gasteiger partial charge in [-0.3, -0.25) is 0 Å². The van der Waals surface area contributed by atoms with Crippen molar-refractivity contribution < 1.29 is 8.81 Å². The zero-order chi connectivity index (χ0) is 14.1. The molecule has 1 aromatic heterocycles. The molecule has 0 unspecified atom stereocenters. The van der Waals surface area contributed by atoms with Gasteiger partial charge >= 0.3 is 0 Å². The lowest BCUT2D eigenvalue weighted by Gasteiger charge is -2.00. The van der Waals surface area contributed by atoms with Crippen molar-refractivity contribution >= 4 is 28.5 Å². The van der Waals surface area contributed by atoms with E-state index in [1.54, 1.807) is 30.3 Å². The van der Waals surface area contributed by atoms with Crippen LogP contribution in [0, 0.1) is 17.1 Å². The Morgan fingerprint density at radius 2 is 2.15 bits per heavy atom. The van der Waals surface area contributed by atoms with Crippen LogP contribution >= 0.6 is 11.8 Å². The molecule has 0 atom stereocenters. The first-order valence-electron chi connectivity index (χ1n) is 5.70. The maximum atomic E-state index is 13.5. The van der Waals surface area contributed by atoms with Gasteiger partial charge in [0.2, 0.25) is 0 Å². The smallest absolute Gasteiger partial charge is 0.261 e. The van der Waals surface area contributed by atoms with Crippen molar-refractivity contribution in [2.75, 3.05) is 5.73 Å². The Hall–Kier alpha value is -2.52. The van der Waals surface area contributed by atoms with E-state index in [0.29, 0.717) is 26.9 Å². The van der Waals surface area contributed by atoms with Gasteiger partial charge in [-0.05, 0) is 36.0 Å². The molecule has 0 saturated carbocycles. The highest BCUT2D eigenvalue weighted by atomic mass is 32.2. The lowest BCUT2D eigenvalue weighted by molar-refractivity contribution is 0.489. The van der Waals surface area contributed by atoms with Gasteiger partial charge in [0.25, 0.3) is 5.22 Å². The molecule has 0 saturated heterocycles. The number of rotatable bonds is 2. The van der Waals surface area contributed by atoms with Gasteiger partial charge < -0.3 is 10.2 Å². The third-order valence-electron chi connectivity index (χ3n) is 2.68. The number of nitriles is 1. The minimum Gasteiger partial charge on any atom is -0.431 e. The van der Waals surface area contributed by atoms with Crippen LogP contribution in [-0.4, -0.2) is 4.98 Å². The van der Waals surface area contributed by atoms with E-state index >= 15 is 0 Å². The fourth-order valence-corrected chi connectivity index (χ4v) is 2.61. The zero-order valence-corrected chi connectivity index (χ0v) is 10.9. The number of benzene rings is 2. The van der Waals surface area contributed by atoms with E-state index in [2.05, 4.69) is 4.98 Å². The number of oxazole rings is 1. The Bertz CT molecular complexity index is 838. The first-order chi connectivity index (χ1) is 9.67. The molecule has 0 fully saturated rings. The van der Waals surface area contributed by atoms with Crippen LogP contribution in [0.1, 0.15) is 5.56 Å². The minimum absolute atomic E-state index is 0.0146. The molecule has 2 N–H and O–H groups in total. The van der Waals surface area contributed by atoms with Crippen molar-refractivity contribution in [3.63, 3.8) is 0 Å². The van der Waals surface area contributed by atoms with Crippen molar-refractivity contribution in [2.24, 2.45) is 0 Å². The van der Waals surface area contributed by atoms with Crippen LogP contribution in [0.2, 0.25) is 0 Å². The zero-order valence-electron chi connectivity index (χ0n) is 10.1. The average Bonchev–Trinajstić information content (AvgIpc) is 2.80. The molecule has 20 heavy (non-hydrogen) atoms. The average molecular weight is 285 g/mol.